The monoisotopic (exact) mass is 446 g/mol. The van der Waals surface area contributed by atoms with Crippen LogP contribution in [0.2, 0.25) is 0 Å². The molecule has 0 unspecified atom stereocenters. The first-order valence-electron chi connectivity index (χ1n) is 10.2. The summed E-state index contributed by atoms with van der Waals surface area (Å²) < 4.78 is 10.9. The third-order valence-corrected chi connectivity index (χ3v) is 5.97. The van der Waals surface area contributed by atoms with E-state index in [2.05, 4.69) is 27.6 Å². The summed E-state index contributed by atoms with van der Waals surface area (Å²) in [5.74, 6) is 0.261. The molecule has 1 N–H and O–H groups in total. The topological polar surface area (TPSA) is 86.9 Å². The lowest BCUT2D eigenvalue weighted by molar-refractivity contribution is -0.123. The predicted molar refractivity (Wildman–Crippen MR) is 125 cm³/mol. The number of carbonyl (C=O) groups is 1. The number of thiophene rings is 1. The van der Waals surface area contributed by atoms with E-state index >= 15 is 0 Å². The molecule has 2 aromatic carbocycles. The van der Waals surface area contributed by atoms with E-state index in [1.54, 1.807) is 29.7 Å². The van der Waals surface area contributed by atoms with Crippen molar-refractivity contribution in [2.75, 3.05) is 37.8 Å². The number of carbonyl (C=O) groups excluding carboxylic acids is 1. The van der Waals surface area contributed by atoms with Gasteiger partial charge in [-0.1, -0.05) is 24.3 Å². The van der Waals surface area contributed by atoms with Gasteiger partial charge < -0.3 is 14.4 Å². The molecule has 1 aliphatic heterocycles. The number of ether oxygens (including phenoxy) is 2. The predicted octanol–water partition coefficient (Wildman–Crippen LogP) is 3.65. The molecule has 0 atom stereocenters. The lowest BCUT2D eigenvalue weighted by Crippen LogP contribution is -2.35. The highest BCUT2D eigenvalue weighted by Gasteiger charge is 2.12. The summed E-state index contributed by atoms with van der Waals surface area (Å²) >= 11 is 1.63. The maximum atomic E-state index is 12.0. The third-order valence-electron chi connectivity index (χ3n) is 4.89. The molecule has 162 valence electrons. The second kappa shape index (κ2) is 10.6. The standard InChI is InChI=1S/C24H22N4O3S/c25-15-18-1-3-19(4-2-18)20-5-7-21(8-6-20)31-17-23(29)27-26-16-22-9-10-24(32-22)28-11-13-30-14-12-28/h1-10,16H,11-14,17H2,(H,27,29)/b26-16+. The van der Waals surface area contributed by atoms with Gasteiger partial charge in [-0.3, -0.25) is 4.79 Å². The van der Waals surface area contributed by atoms with Crippen molar-refractivity contribution in [1.82, 2.24) is 5.43 Å². The number of benzene rings is 2. The van der Waals surface area contributed by atoms with Crippen molar-refractivity contribution in [2.24, 2.45) is 5.10 Å². The number of rotatable bonds is 7. The molecule has 7 nitrogen and oxygen atoms in total. The van der Waals surface area contributed by atoms with Crippen molar-refractivity contribution in [1.29, 1.82) is 5.26 Å². The van der Waals surface area contributed by atoms with E-state index in [1.165, 1.54) is 5.00 Å². The van der Waals surface area contributed by atoms with Gasteiger partial charge in [0.2, 0.25) is 0 Å². The van der Waals surface area contributed by atoms with Crippen LogP contribution in [0.1, 0.15) is 10.4 Å². The fourth-order valence-electron chi connectivity index (χ4n) is 3.20. The number of anilines is 1. The van der Waals surface area contributed by atoms with Crippen LogP contribution in [0.4, 0.5) is 5.00 Å². The van der Waals surface area contributed by atoms with Gasteiger partial charge in [0.1, 0.15) is 5.75 Å². The minimum atomic E-state index is -0.331. The molecule has 3 aromatic rings. The van der Waals surface area contributed by atoms with Gasteiger partial charge in [-0.15, -0.1) is 11.3 Å². The van der Waals surface area contributed by atoms with Crippen LogP contribution < -0.4 is 15.1 Å². The van der Waals surface area contributed by atoms with Crippen molar-refractivity contribution in [2.45, 2.75) is 0 Å². The Bertz CT molecular complexity index is 1110. The smallest absolute Gasteiger partial charge is 0.277 e. The molecule has 32 heavy (non-hydrogen) atoms. The number of nitrogens with one attached hydrogen (secondary N) is 1. The lowest BCUT2D eigenvalue weighted by atomic mass is 10.0. The first-order chi connectivity index (χ1) is 15.7. The van der Waals surface area contributed by atoms with E-state index in [0.29, 0.717) is 11.3 Å². The van der Waals surface area contributed by atoms with Crippen LogP contribution in [0.15, 0.2) is 65.8 Å². The quantitative estimate of drug-likeness (QED) is 0.442. The number of morpholine rings is 1. The Morgan fingerprint density at radius 1 is 1.09 bits per heavy atom. The molecule has 0 aliphatic carbocycles. The van der Waals surface area contributed by atoms with E-state index in [-0.39, 0.29) is 12.5 Å². The van der Waals surface area contributed by atoms with Crippen LogP contribution in [0.25, 0.3) is 11.1 Å². The maximum absolute atomic E-state index is 12.0. The van der Waals surface area contributed by atoms with Crippen LogP contribution in [-0.2, 0) is 9.53 Å². The first kappa shape index (κ1) is 21.6. The van der Waals surface area contributed by atoms with Gasteiger partial charge in [0.05, 0.1) is 36.1 Å². The highest BCUT2D eigenvalue weighted by molar-refractivity contribution is 7.17. The summed E-state index contributed by atoms with van der Waals surface area (Å²) in [5.41, 5.74) is 5.12. The van der Waals surface area contributed by atoms with E-state index in [0.717, 1.165) is 42.3 Å². The third kappa shape index (κ3) is 5.72. The van der Waals surface area contributed by atoms with Crippen molar-refractivity contribution >= 4 is 28.5 Å². The van der Waals surface area contributed by atoms with Crippen molar-refractivity contribution in [3.8, 4) is 22.9 Å². The lowest BCUT2D eigenvalue weighted by Gasteiger charge is -2.27. The van der Waals surface area contributed by atoms with Crippen molar-refractivity contribution in [3.05, 3.63) is 71.1 Å². The van der Waals surface area contributed by atoms with Gasteiger partial charge >= 0.3 is 0 Å². The number of amides is 1. The summed E-state index contributed by atoms with van der Waals surface area (Å²) in [5, 5.41) is 14.1. The number of nitriles is 1. The maximum Gasteiger partial charge on any atom is 0.277 e. The van der Waals surface area contributed by atoms with E-state index in [9.17, 15) is 4.79 Å². The summed E-state index contributed by atoms with van der Waals surface area (Å²) in [6.45, 7) is 3.14. The molecule has 1 amide bonds. The van der Waals surface area contributed by atoms with Gasteiger partial charge in [-0.05, 0) is 47.5 Å². The summed E-state index contributed by atoms with van der Waals surface area (Å²) in [6.07, 6.45) is 1.64. The van der Waals surface area contributed by atoms with Crippen LogP contribution in [0, 0.1) is 11.3 Å². The molecular formula is C24H22N4O3S. The fourth-order valence-corrected chi connectivity index (χ4v) is 4.13. The van der Waals surface area contributed by atoms with Crippen LogP contribution in [0.5, 0.6) is 5.75 Å². The van der Waals surface area contributed by atoms with Gasteiger partial charge in [0.25, 0.3) is 5.91 Å². The van der Waals surface area contributed by atoms with E-state index in [4.69, 9.17) is 14.7 Å². The molecule has 2 heterocycles. The molecule has 1 fully saturated rings. The first-order valence-corrected chi connectivity index (χ1v) is 11.0. The average molecular weight is 447 g/mol. The molecule has 0 bridgehead atoms. The minimum absolute atomic E-state index is 0.128. The summed E-state index contributed by atoms with van der Waals surface area (Å²) in [4.78, 5) is 15.3. The van der Waals surface area contributed by atoms with Gasteiger partial charge in [-0.25, -0.2) is 5.43 Å². The normalized spacial score (nSPS) is 13.7. The second-order valence-electron chi connectivity index (χ2n) is 7.07. The molecule has 1 saturated heterocycles. The highest BCUT2D eigenvalue weighted by Crippen LogP contribution is 2.25. The summed E-state index contributed by atoms with van der Waals surface area (Å²) in [7, 11) is 0. The minimum Gasteiger partial charge on any atom is -0.484 e. The SMILES string of the molecule is N#Cc1ccc(-c2ccc(OCC(=O)N/N=C/c3ccc(N4CCOCC4)s3)cc2)cc1. The number of hydrazone groups is 1. The Morgan fingerprint density at radius 3 is 2.47 bits per heavy atom. The van der Waals surface area contributed by atoms with Crippen LogP contribution in [0.3, 0.4) is 0 Å². The van der Waals surface area contributed by atoms with Gasteiger partial charge in [-0.2, -0.15) is 10.4 Å². The Kier molecular flexibility index (Phi) is 7.12. The number of nitrogens with zero attached hydrogens (tertiary/aromatic N) is 3. The zero-order chi connectivity index (χ0) is 22.2. The largest absolute Gasteiger partial charge is 0.484 e. The Morgan fingerprint density at radius 2 is 1.78 bits per heavy atom. The van der Waals surface area contributed by atoms with Crippen molar-refractivity contribution in [3.63, 3.8) is 0 Å². The van der Waals surface area contributed by atoms with E-state index in [1.807, 2.05) is 42.5 Å². The average Bonchev–Trinajstić information content (AvgIpc) is 3.33. The molecule has 1 aliphatic rings. The van der Waals surface area contributed by atoms with E-state index < -0.39 is 0 Å². The molecular weight excluding hydrogens is 424 g/mol. The summed E-state index contributed by atoms with van der Waals surface area (Å²) in [6, 6.07) is 21.0. The van der Waals surface area contributed by atoms with Crippen LogP contribution in [-0.4, -0.2) is 45.0 Å². The zero-order valence-corrected chi connectivity index (χ0v) is 18.2. The Labute approximate surface area is 190 Å². The molecule has 0 radical (unpaired) electrons. The molecule has 8 heteroatoms. The number of hydrogen-bond acceptors (Lipinski definition) is 7. The zero-order valence-electron chi connectivity index (χ0n) is 17.4. The highest BCUT2D eigenvalue weighted by atomic mass is 32.1. The molecule has 0 spiro atoms. The fraction of sp³-hybridized carbons (Fsp3) is 0.208. The second-order valence-corrected chi connectivity index (χ2v) is 8.16. The van der Waals surface area contributed by atoms with Crippen LogP contribution >= 0.6 is 11.3 Å². The molecule has 1 aromatic heterocycles. The Balaban J connectivity index is 1.23. The number of hydrogen-bond donors (Lipinski definition) is 1. The van der Waals surface area contributed by atoms with Gasteiger partial charge in [0.15, 0.2) is 6.61 Å². The molecule has 4 rings (SSSR count). The molecule has 0 saturated carbocycles. The Hall–Kier alpha value is -3.67. The van der Waals surface area contributed by atoms with Gasteiger partial charge in [0, 0.05) is 18.0 Å². The van der Waals surface area contributed by atoms with Crippen molar-refractivity contribution < 1.29 is 14.3 Å².